The number of hydrogen-bond acceptors (Lipinski definition) is 5. The number of nitrogens with zero attached hydrogens (tertiary/aromatic N) is 1. The molecule has 2 aromatic carbocycles. The lowest BCUT2D eigenvalue weighted by molar-refractivity contribution is -0.383. The predicted octanol–water partition coefficient (Wildman–Crippen LogP) is 1.16. The zero-order valence-electron chi connectivity index (χ0n) is 9.11. The van der Waals surface area contributed by atoms with E-state index in [1.165, 1.54) is 18.2 Å². The molecule has 0 spiro atoms. The topological polar surface area (TPSA) is 106 Å². The molecule has 18 heavy (non-hydrogen) atoms. The van der Waals surface area contributed by atoms with Gasteiger partial charge in [0.05, 0.1) is 10.3 Å². The number of nitro benzene ring substituents is 1. The number of benzene rings is 2. The van der Waals surface area contributed by atoms with Gasteiger partial charge in [0.2, 0.25) is 0 Å². The Morgan fingerprint density at radius 1 is 1.06 bits per heavy atom. The van der Waals surface area contributed by atoms with E-state index >= 15 is 0 Å². The summed E-state index contributed by atoms with van der Waals surface area (Å²) in [5, 5.41) is 11.6. The lowest BCUT2D eigenvalue weighted by Crippen LogP contribution is -2.15. The van der Waals surface area contributed by atoms with E-state index in [9.17, 15) is 24.5 Å². The molecule has 2 rings (SSSR count). The van der Waals surface area contributed by atoms with E-state index < -0.39 is 18.7 Å². The van der Waals surface area contributed by atoms with E-state index in [1.807, 2.05) is 0 Å². The second kappa shape index (κ2) is 4.49. The van der Waals surface area contributed by atoms with Gasteiger partial charge in [0.1, 0.15) is 0 Å². The molecular formula is C11H8NO5P-2. The Hall–Kier alpha value is -1.75. The van der Waals surface area contributed by atoms with Crippen LogP contribution < -0.4 is 9.79 Å². The van der Waals surface area contributed by atoms with Crippen LogP contribution in [0.1, 0.15) is 5.56 Å². The van der Waals surface area contributed by atoms with Gasteiger partial charge in [0.15, 0.2) is 0 Å². The summed E-state index contributed by atoms with van der Waals surface area (Å²) in [4.78, 5) is 31.9. The highest BCUT2D eigenvalue weighted by atomic mass is 31.2. The molecule has 0 atom stereocenters. The van der Waals surface area contributed by atoms with E-state index in [-0.39, 0.29) is 11.3 Å². The third kappa shape index (κ3) is 2.56. The molecule has 0 amide bonds. The van der Waals surface area contributed by atoms with Crippen molar-refractivity contribution in [2.24, 2.45) is 0 Å². The monoisotopic (exact) mass is 265 g/mol. The fourth-order valence-electron chi connectivity index (χ4n) is 1.85. The van der Waals surface area contributed by atoms with Gasteiger partial charge in [0, 0.05) is 12.2 Å². The van der Waals surface area contributed by atoms with Crippen LogP contribution in [-0.2, 0) is 10.7 Å². The molecule has 0 unspecified atom stereocenters. The van der Waals surface area contributed by atoms with Crippen molar-refractivity contribution in [2.45, 2.75) is 6.16 Å². The average molecular weight is 265 g/mol. The maximum absolute atomic E-state index is 10.8. The molecule has 0 radical (unpaired) electrons. The second-order valence-electron chi connectivity index (χ2n) is 3.82. The predicted molar refractivity (Wildman–Crippen MR) is 61.9 cm³/mol. The van der Waals surface area contributed by atoms with Crippen LogP contribution in [0.4, 0.5) is 5.69 Å². The first-order valence-electron chi connectivity index (χ1n) is 5.04. The molecule has 0 aliphatic rings. The Morgan fingerprint density at radius 2 is 1.67 bits per heavy atom. The molecule has 0 fully saturated rings. The summed E-state index contributed by atoms with van der Waals surface area (Å²) in [6, 6.07) is 8.87. The van der Waals surface area contributed by atoms with Crippen molar-refractivity contribution in [3.63, 3.8) is 0 Å². The van der Waals surface area contributed by atoms with Crippen LogP contribution in [0.2, 0.25) is 0 Å². The van der Waals surface area contributed by atoms with Gasteiger partial charge in [-0.05, 0) is 17.0 Å². The first-order chi connectivity index (χ1) is 8.38. The van der Waals surface area contributed by atoms with Crippen LogP contribution in [0.5, 0.6) is 0 Å². The van der Waals surface area contributed by atoms with E-state index in [1.54, 1.807) is 18.2 Å². The molecule has 0 saturated heterocycles. The Bertz CT molecular complexity index is 664. The van der Waals surface area contributed by atoms with Crippen LogP contribution in [-0.4, -0.2) is 4.92 Å². The molecule has 0 aliphatic heterocycles. The zero-order valence-corrected chi connectivity index (χ0v) is 10.0. The fourth-order valence-corrected chi connectivity index (χ4v) is 2.54. The SMILES string of the molecule is O=[N+]([O-])c1ccc(CP(=O)([O-])[O-])c2ccccc12. The lowest BCUT2D eigenvalue weighted by Gasteiger charge is -2.29. The van der Waals surface area contributed by atoms with Crippen molar-refractivity contribution >= 4 is 24.1 Å². The summed E-state index contributed by atoms with van der Waals surface area (Å²) in [7, 11) is -4.70. The zero-order chi connectivity index (χ0) is 13.3. The quantitative estimate of drug-likeness (QED) is 0.470. The van der Waals surface area contributed by atoms with Gasteiger partial charge >= 0.3 is 0 Å². The van der Waals surface area contributed by atoms with Gasteiger partial charge in [-0.3, -0.25) is 10.1 Å². The number of non-ortho nitro benzene ring substituents is 1. The standard InChI is InChI=1S/C11H10NO5P/c13-12(14)11-6-5-8(7-18(15,16)17)9-3-1-2-4-10(9)11/h1-6H,7H2,(H2,15,16,17)/p-2. The molecule has 0 aromatic heterocycles. The molecule has 2 aromatic rings. The molecule has 6 nitrogen and oxygen atoms in total. The van der Waals surface area contributed by atoms with Crippen molar-refractivity contribution in [2.75, 3.05) is 0 Å². The highest BCUT2D eigenvalue weighted by Gasteiger charge is 2.13. The lowest BCUT2D eigenvalue weighted by atomic mass is 10.0. The Morgan fingerprint density at radius 3 is 2.22 bits per heavy atom. The Kier molecular flexibility index (Phi) is 3.17. The summed E-state index contributed by atoms with van der Waals surface area (Å²) in [5.74, 6) is 0. The van der Waals surface area contributed by atoms with Crippen LogP contribution in [0.15, 0.2) is 36.4 Å². The van der Waals surface area contributed by atoms with Gasteiger partial charge in [-0.2, -0.15) is 0 Å². The minimum Gasteiger partial charge on any atom is -0.810 e. The molecule has 0 aliphatic carbocycles. The van der Waals surface area contributed by atoms with Gasteiger partial charge in [0.25, 0.3) is 5.69 Å². The number of hydrogen-bond donors (Lipinski definition) is 0. The summed E-state index contributed by atoms with van der Waals surface area (Å²) in [5.41, 5.74) is 0.172. The normalized spacial score (nSPS) is 11.7. The van der Waals surface area contributed by atoms with Gasteiger partial charge in [-0.15, -0.1) is 0 Å². The van der Waals surface area contributed by atoms with Gasteiger partial charge in [-0.1, -0.05) is 31.9 Å². The maximum atomic E-state index is 10.8. The van der Waals surface area contributed by atoms with Crippen molar-refractivity contribution in [3.8, 4) is 0 Å². The van der Waals surface area contributed by atoms with Crippen molar-refractivity contribution in [3.05, 3.63) is 52.1 Å². The smallest absolute Gasteiger partial charge is 0.277 e. The first kappa shape index (κ1) is 12.7. The molecule has 94 valence electrons. The van der Waals surface area contributed by atoms with Crippen LogP contribution in [0.25, 0.3) is 10.8 Å². The fraction of sp³-hybridized carbons (Fsp3) is 0.0909. The van der Waals surface area contributed by atoms with E-state index in [2.05, 4.69) is 0 Å². The number of rotatable bonds is 3. The first-order valence-corrected chi connectivity index (χ1v) is 6.77. The summed E-state index contributed by atoms with van der Waals surface area (Å²) < 4.78 is 10.8. The van der Waals surface area contributed by atoms with E-state index in [4.69, 9.17) is 0 Å². The summed E-state index contributed by atoms with van der Waals surface area (Å²) in [6.07, 6.45) is -0.647. The third-order valence-corrected chi connectivity index (χ3v) is 3.28. The van der Waals surface area contributed by atoms with E-state index in [0.717, 1.165) is 0 Å². The molecule has 0 N–H and O–H groups in total. The minimum atomic E-state index is -4.70. The van der Waals surface area contributed by atoms with Crippen molar-refractivity contribution in [1.82, 2.24) is 0 Å². The number of nitro groups is 1. The highest BCUT2D eigenvalue weighted by molar-refractivity contribution is 7.47. The van der Waals surface area contributed by atoms with Crippen molar-refractivity contribution in [1.29, 1.82) is 0 Å². The van der Waals surface area contributed by atoms with Crippen LogP contribution in [0.3, 0.4) is 0 Å². The van der Waals surface area contributed by atoms with Gasteiger partial charge < -0.3 is 14.4 Å². The highest BCUT2D eigenvalue weighted by Crippen LogP contribution is 2.35. The average Bonchev–Trinajstić information content (AvgIpc) is 2.27. The second-order valence-corrected chi connectivity index (χ2v) is 5.35. The number of fused-ring (bicyclic) bond motifs is 1. The van der Waals surface area contributed by atoms with Crippen molar-refractivity contribution < 1.29 is 19.3 Å². The van der Waals surface area contributed by atoms with Crippen LogP contribution in [0, 0.1) is 10.1 Å². The largest absolute Gasteiger partial charge is 0.810 e. The van der Waals surface area contributed by atoms with Crippen LogP contribution >= 0.6 is 7.60 Å². The molecule has 0 heterocycles. The molecule has 0 saturated carbocycles. The Balaban J connectivity index is 2.68. The third-order valence-electron chi connectivity index (χ3n) is 2.55. The minimum absolute atomic E-state index is 0.110. The molecule has 0 bridgehead atoms. The summed E-state index contributed by atoms with van der Waals surface area (Å²) >= 11 is 0. The molecule has 7 heteroatoms. The van der Waals surface area contributed by atoms with E-state index in [0.29, 0.717) is 10.8 Å². The van der Waals surface area contributed by atoms with Gasteiger partial charge in [-0.25, -0.2) is 0 Å². The Labute approximate surface area is 102 Å². The molecular weight excluding hydrogens is 257 g/mol. The maximum Gasteiger partial charge on any atom is 0.277 e. The summed E-state index contributed by atoms with van der Waals surface area (Å²) in [6.45, 7) is 0.